The number of hydrogen-bond donors (Lipinski definition) is 1. The molecule has 0 radical (unpaired) electrons. The molecule has 1 atom stereocenters. The van der Waals surface area contributed by atoms with Gasteiger partial charge in [0, 0.05) is 18.2 Å². The molecule has 4 aromatic carbocycles. The van der Waals surface area contributed by atoms with Gasteiger partial charge < -0.3 is 9.88 Å². The highest BCUT2D eigenvalue weighted by Crippen LogP contribution is 2.31. The van der Waals surface area contributed by atoms with Crippen LogP contribution in [-0.2, 0) is 7.05 Å². The minimum atomic E-state index is -0.129. The Labute approximate surface area is 199 Å². The molecule has 0 saturated carbocycles. The highest BCUT2D eigenvalue weighted by atomic mass is 16.2. The number of carbonyl (C=O) groups is 1. The summed E-state index contributed by atoms with van der Waals surface area (Å²) in [5, 5.41) is 5.53. The molecular formula is C30H27N3O. The van der Waals surface area contributed by atoms with Gasteiger partial charge in [0.05, 0.1) is 6.04 Å². The first kappa shape index (κ1) is 21.7. The van der Waals surface area contributed by atoms with E-state index in [9.17, 15) is 4.79 Å². The quantitative estimate of drug-likeness (QED) is 0.313. The van der Waals surface area contributed by atoms with E-state index in [1.54, 1.807) is 0 Å². The molecular weight excluding hydrogens is 418 g/mol. The summed E-state index contributed by atoms with van der Waals surface area (Å²) in [4.78, 5) is 18.7. The van der Waals surface area contributed by atoms with Crippen molar-refractivity contribution < 1.29 is 4.79 Å². The van der Waals surface area contributed by atoms with Crippen molar-refractivity contribution in [2.24, 2.45) is 7.05 Å². The van der Waals surface area contributed by atoms with Crippen LogP contribution in [0.4, 0.5) is 0 Å². The summed E-state index contributed by atoms with van der Waals surface area (Å²) in [6.45, 7) is 2.08. The van der Waals surface area contributed by atoms with Gasteiger partial charge in [0.25, 0.3) is 5.91 Å². The molecule has 1 N–H and O–H groups in total. The van der Waals surface area contributed by atoms with Gasteiger partial charge in [0.1, 0.15) is 17.2 Å². The van der Waals surface area contributed by atoms with Crippen LogP contribution in [0.1, 0.15) is 35.4 Å². The van der Waals surface area contributed by atoms with E-state index in [4.69, 9.17) is 4.98 Å². The first-order valence-electron chi connectivity index (χ1n) is 11.6. The monoisotopic (exact) mass is 445 g/mol. The van der Waals surface area contributed by atoms with Gasteiger partial charge in [0.15, 0.2) is 0 Å². The second-order valence-electron chi connectivity index (χ2n) is 8.46. The maximum Gasteiger partial charge on any atom is 0.270 e. The molecule has 0 aliphatic heterocycles. The van der Waals surface area contributed by atoms with Gasteiger partial charge >= 0.3 is 0 Å². The lowest BCUT2D eigenvalue weighted by Crippen LogP contribution is -2.30. The van der Waals surface area contributed by atoms with E-state index in [-0.39, 0.29) is 11.9 Å². The predicted molar refractivity (Wildman–Crippen MR) is 139 cm³/mol. The summed E-state index contributed by atoms with van der Waals surface area (Å²) in [6.07, 6.45) is 0.796. The van der Waals surface area contributed by atoms with Crippen molar-refractivity contribution >= 4 is 16.7 Å². The third-order valence-corrected chi connectivity index (χ3v) is 6.28. The molecule has 1 amide bonds. The van der Waals surface area contributed by atoms with Gasteiger partial charge in [-0.05, 0) is 28.8 Å². The summed E-state index contributed by atoms with van der Waals surface area (Å²) in [5.41, 5.74) is 4.24. The molecule has 5 aromatic rings. The minimum Gasteiger partial charge on any atom is -0.344 e. The fraction of sp³-hybridized carbons (Fsp3) is 0.133. The standard InChI is InChI=1S/C30H27N3O/c1-3-26(22-13-6-4-7-14-22)31-30(34)28-27(25-19-18-21-12-10-11-17-24(21)20-25)32-29(33(28)2)23-15-8-5-9-16-23/h4-20,26H,3H2,1-2H3,(H,31,34). The molecule has 0 spiro atoms. The summed E-state index contributed by atoms with van der Waals surface area (Å²) in [6, 6.07) is 34.5. The molecule has 4 heteroatoms. The van der Waals surface area contributed by atoms with Crippen molar-refractivity contribution in [2.45, 2.75) is 19.4 Å². The van der Waals surface area contributed by atoms with E-state index in [0.29, 0.717) is 11.4 Å². The van der Waals surface area contributed by atoms with Crippen LogP contribution in [0.3, 0.4) is 0 Å². The van der Waals surface area contributed by atoms with Crippen LogP contribution in [0.5, 0.6) is 0 Å². The molecule has 4 nitrogen and oxygen atoms in total. The number of aromatic nitrogens is 2. The lowest BCUT2D eigenvalue weighted by molar-refractivity contribution is 0.0928. The lowest BCUT2D eigenvalue weighted by atomic mass is 10.0. The minimum absolute atomic E-state index is 0.0757. The Kier molecular flexibility index (Phi) is 5.96. The average Bonchev–Trinajstić information content (AvgIpc) is 3.25. The molecule has 0 fully saturated rings. The van der Waals surface area contributed by atoms with E-state index in [2.05, 4.69) is 48.6 Å². The smallest absolute Gasteiger partial charge is 0.270 e. The van der Waals surface area contributed by atoms with Crippen LogP contribution in [0.2, 0.25) is 0 Å². The van der Waals surface area contributed by atoms with Crippen LogP contribution in [0, 0.1) is 0 Å². The number of rotatable bonds is 6. The third kappa shape index (κ3) is 4.11. The molecule has 0 bridgehead atoms. The zero-order valence-corrected chi connectivity index (χ0v) is 19.4. The largest absolute Gasteiger partial charge is 0.344 e. The van der Waals surface area contributed by atoms with Crippen molar-refractivity contribution in [1.29, 1.82) is 0 Å². The van der Waals surface area contributed by atoms with Crippen LogP contribution in [0.25, 0.3) is 33.4 Å². The van der Waals surface area contributed by atoms with Crippen molar-refractivity contribution in [2.75, 3.05) is 0 Å². The Morgan fingerprint density at radius 1 is 0.824 bits per heavy atom. The van der Waals surface area contributed by atoms with Crippen LogP contribution in [-0.4, -0.2) is 15.5 Å². The fourth-order valence-electron chi connectivity index (χ4n) is 4.47. The Morgan fingerprint density at radius 2 is 1.47 bits per heavy atom. The van der Waals surface area contributed by atoms with Gasteiger partial charge in [-0.1, -0.05) is 104 Å². The average molecular weight is 446 g/mol. The summed E-state index contributed by atoms with van der Waals surface area (Å²) < 4.78 is 1.91. The number of nitrogens with zero attached hydrogens (tertiary/aromatic N) is 2. The van der Waals surface area contributed by atoms with E-state index < -0.39 is 0 Å². The number of imidazole rings is 1. The maximum absolute atomic E-state index is 13.7. The van der Waals surface area contributed by atoms with E-state index in [1.807, 2.05) is 78.3 Å². The zero-order valence-electron chi connectivity index (χ0n) is 19.4. The van der Waals surface area contributed by atoms with Crippen molar-refractivity contribution in [3.63, 3.8) is 0 Å². The molecule has 0 aliphatic rings. The first-order valence-corrected chi connectivity index (χ1v) is 11.6. The fourth-order valence-corrected chi connectivity index (χ4v) is 4.47. The predicted octanol–water partition coefficient (Wildman–Crippen LogP) is 6.79. The summed E-state index contributed by atoms with van der Waals surface area (Å²) in [7, 11) is 1.91. The summed E-state index contributed by atoms with van der Waals surface area (Å²) >= 11 is 0. The number of amides is 1. The Balaban J connectivity index is 1.62. The Hall–Kier alpha value is -4.18. The van der Waals surface area contributed by atoms with Crippen molar-refractivity contribution in [3.8, 4) is 22.6 Å². The zero-order chi connectivity index (χ0) is 23.5. The molecule has 34 heavy (non-hydrogen) atoms. The number of carbonyl (C=O) groups excluding carboxylic acids is 1. The highest BCUT2D eigenvalue weighted by Gasteiger charge is 2.25. The molecule has 0 saturated heterocycles. The second-order valence-corrected chi connectivity index (χ2v) is 8.46. The molecule has 5 rings (SSSR count). The van der Waals surface area contributed by atoms with Gasteiger partial charge in [0.2, 0.25) is 0 Å². The van der Waals surface area contributed by atoms with Crippen LogP contribution in [0.15, 0.2) is 103 Å². The van der Waals surface area contributed by atoms with Crippen LogP contribution >= 0.6 is 0 Å². The Bertz CT molecular complexity index is 1440. The number of fused-ring (bicyclic) bond motifs is 1. The van der Waals surface area contributed by atoms with Gasteiger partial charge in [-0.2, -0.15) is 0 Å². The molecule has 168 valence electrons. The number of benzene rings is 4. The van der Waals surface area contributed by atoms with Crippen molar-refractivity contribution in [1.82, 2.24) is 14.9 Å². The maximum atomic E-state index is 13.7. The second kappa shape index (κ2) is 9.36. The van der Waals surface area contributed by atoms with E-state index in [1.165, 1.54) is 0 Å². The molecule has 1 heterocycles. The van der Waals surface area contributed by atoms with E-state index in [0.717, 1.165) is 39.7 Å². The normalized spacial score (nSPS) is 11.9. The van der Waals surface area contributed by atoms with Gasteiger partial charge in [-0.15, -0.1) is 0 Å². The third-order valence-electron chi connectivity index (χ3n) is 6.28. The Morgan fingerprint density at radius 3 is 2.18 bits per heavy atom. The van der Waals surface area contributed by atoms with Crippen molar-refractivity contribution in [3.05, 3.63) is 114 Å². The molecule has 0 aliphatic carbocycles. The number of nitrogens with one attached hydrogen (secondary N) is 1. The lowest BCUT2D eigenvalue weighted by Gasteiger charge is -2.18. The molecule has 1 unspecified atom stereocenters. The number of hydrogen-bond acceptors (Lipinski definition) is 2. The van der Waals surface area contributed by atoms with Crippen LogP contribution < -0.4 is 5.32 Å². The van der Waals surface area contributed by atoms with E-state index >= 15 is 0 Å². The summed E-state index contributed by atoms with van der Waals surface area (Å²) in [5.74, 6) is 0.637. The highest BCUT2D eigenvalue weighted by molar-refractivity contribution is 6.00. The van der Waals surface area contributed by atoms with Gasteiger partial charge in [-0.25, -0.2) is 4.98 Å². The first-order chi connectivity index (χ1) is 16.7. The molecule has 1 aromatic heterocycles. The SMILES string of the molecule is CCC(NC(=O)c1c(-c2ccc3ccccc3c2)nc(-c2ccccc2)n1C)c1ccccc1. The topological polar surface area (TPSA) is 46.9 Å². The van der Waals surface area contributed by atoms with Gasteiger partial charge in [-0.3, -0.25) is 4.79 Å².